The maximum absolute atomic E-state index is 13.4. The van der Waals surface area contributed by atoms with Gasteiger partial charge in [-0.05, 0) is 55.4 Å². The zero-order valence-electron chi connectivity index (χ0n) is 19.0. The van der Waals surface area contributed by atoms with E-state index in [2.05, 4.69) is 27.9 Å². The number of anilines is 1. The average Bonchev–Trinajstić information content (AvgIpc) is 3.13. The van der Waals surface area contributed by atoms with Crippen molar-refractivity contribution in [2.24, 2.45) is 24.3 Å². The van der Waals surface area contributed by atoms with Gasteiger partial charge in [-0.1, -0.05) is 31.2 Å². The second-order valence-electron chi connectivity index (χ2n) is 10.2. The molecule has 7 nitrogen and oxygen atoms in total. The van der Waals surface area contributed by atoms with Gasteiger partial charge in [0.25, 0.3) is 5.91 Å². The first-order chi connectivity index (χ1) is 15.9. The molecule has 2 heterocycles. The summed E-state index contributed by atoms with van der Waals surface area (Å²) in [5.74, 6) is 1.05. The molecular weight excluding hydrogens is 414 g/mol. The van der Waals surface area contributed by atoms with E-state index in [0.717, 1.165) is 48.2 Å². The monoisotopic (exact) mass is 443 g/mol. The van der Waals surface area contributed by atoms with Crippen LogP contribution in [0.5, 0.6) is 0 Å². The van der Waals surface area contributed by atoms with Crippen molar-refractivity contribution in [2.75, 3.05) is 5.32 Å². The summed E-state index contributed by atoms with van der Waals surface area (Å²) in [6.07, 6.45) is 3.50. The molecular formula is C26H29N5O2. The fourth-order valence-electron chi connectivity index (χ4n) is 6.50. The van der Waals surface area contributed by atoms with Crippen LogP contribution in [0.3, 0.4) is 0 Å². The van der Waals surface area contributed by atoms with Gasteiger partial charge in [0.1, 0.15) is 11.5 Å². The van der Waals surface area contributed by atoms with E-state index in [1.807, 2.05) is 60.1 Å². The fraction of sp³-hybridized carbons (Fsp3) is 0.423. The summed E-state index contributed by atoms with van der Waals surface area (Å²) in [5, 5.41) is 10.1. The molecule has 0 saturated heterocycles. The van der Waals surface area contributed by atoms with Crippen LogP contribution < -0.4 is 16.0 Å². The van der Waals surface area contributed by atoms with Crippen molar-refractivity contribution < 1.29 is 9.59 Å². The van der Waals surface area contributed by atoms with Crippen LogP contribution in [-0.4, -0.2) is 27.0 Å². The van der Waals surface area contributed by atoms with Crippen molar-refractivity contribution in [1.82, 2.24) is 20.2 Å². The van der Waals surface area contributed by atoms with E-state index < -0.39 is 5.66 Å². The molecule has 7 heteroatoms. The number of aryl methyl sites for hydroxylation is 1. The highest BCUT2D eigenvalue weighted by atomic mass is 16.2. The Balaban J connectivity index is 1.21. The third-order valence-electron chi connectivity index (χ3n) is 8.29. The van der Waals surface area contributed by atoms with E-state index in [1.165, 1.54) is 0 Å². The van der Waals surface area contributed by atoms with Crippen LogP contribution in [0.15, 0.2) is 48.5 Å². The molecule has 1 aliphatic heterocycles. The Bertz CT molecular complexity index is 1280. The molecule has 7 rings (SSSR count). The van der Waals surface area contributed by atoms with E-state index in [9.17, 15) is 9.59 Å². The topological polar surface area (TPSA) is 88.0 Å². The van der Waals surface area contributed by atoms with Gasteiger partial charge >= 0.3 is 0 Å². The number of hydrogen-bond acceptors (Lipinski definition) is 4. The Labute approximate surface area is 193 Å². The van der Waals surface area contributed by atoms with E-state index >= 15 is 0 Å². The van der Waals surface area contributed by atoms with Gasteiger partial charge in [-0.2, -0.15) is 0 Å². The van der Waals surface area contributed by atoms with E-state index in [4.69, 9.17) is 0 Å². The first-order valence-corrected chi connectivity index (χ1v) is 11.8. The molecule has 33 heavy (non-hydrogen) atoms. The molecule has 0 unspecified atom stereocenters. The third-order valence-corrected chi connectivity index (χ3v) is 8.29. The molecule has 2 amide bonds. The summed E-state index contributed by atoms with van der Waals surface area (Å²) in [4.78, 5) is 30.9. The SMILES string of the molecule is Cn1c(CNC(=O)[C@@H]2C[C@H]3CC[C@@]2(C)C[C@@]32NC(=O)c3ccccc3N2)nc2ccccc21. The number of rotatable bonds is 3. The van der Waals surface area contributed by atoms with E-state index in [-0.39, 0.29) is 29.1 Å². The summed E-state index contributed by atoms with van der Waals surface area (Å²) < 4.78 is 2.04. The van der Waals surface area contributed by atoms with Gasteiger partial charge in [-0.3, -0.25) is 9.59 Å². The molecule has 2 aromatic carbocycles. The molecule has 1 aromatic heterocycles. The molecule has 4 aliphatic rings. The number of carbonyl (C=O) groups is 2. The van der Waals surface area contributed by atoms with Gasteiger partial charge in [-0.15, -0.1) is 0 Å². The lowest BCUT2D eigenvalue weighted by molar-refractivity contribution is -0.139. The molecule has 3 N–H and O–H groups in total. The maximum atomic E-state index is 13.4. The van der Waals surface area contributed by atoms with Crippen LogP contribution in [0.4, 0.5) is 5.69 Å². The Morgan fingerprint density at radius 1 is 1.18 bits per heavy atom. The highest BCUT2D eigenvalue weighted by molar-refractivity contribution is 6.02. The quantitative estimate of drug-likeness (QED) is 0.578. The second kappa shape index (κ2) is 7.07. The number of fused-ring (bicyclic) bond motifs is 4. The molecule has 3 fully saturated rings. The Morgan fingerprint density at radius 3 is 2.79 bits per heavy atom. The number of para-hydroxylation sites is 3. The number of nitrogens with zero attached hydrogens (tertiary/aromatic N) is 2. The van der Waals surface area contributed by atoms with Gasteiger partial charge in [-0.25, -0.2) is 4.98 Å². The molecule has 3 aromatic rings. The van der Waals surface area contributed by atoms with E-state index in [1.54, 1.807) is 0 Å². The normalized spacial score (nSPS) is 30.1. The number of hydrogen-bond donors (Lipinski definition) is 3. The summed E-state index contributed by atoms with van der Waals surface area (Å²) in [5.41, 5.74) is 2.91. The van der Waals surface area contributed by atoms with Gasteiger partial charge in [0.2, 0.25) is 5.91 Å². The smallest absolute Gasteiger partial charge is 0.255 e. The number of carbonyl (C=O) groups excluding carboxylic acids is 2. The van der Waals surface area contributed by atoms with Crippen LogP contribution >= 0.6 is 0 Å². The average molecular weight is 444 g/mol. The molecule has 1 spiro atoms. The molecule has 3 aliphatic carbocycles. The standard InChI is InChI=1S/C26H29N5O2/c1-25-12-11-16(26(15-25)29-19-8-4-3-7-17(19)23(32)30-26)13-18(25)24(33)27-14-22-28-20-9-5-6-10-21(20)31(22)2/h3-10,16,18,29H,11-15H2,1-2H3,(H,27,33)(H,30,32)/t16-,18+,25+,26-/m1/s1. The van der Waals surface area contributed by atoms with E-state index in [0.29, 0.717) is 12.1 Å². The van der Waals surface area contributed by atoms with Gasteiger partial charge in [0.15, 0.2) is 0 Å². The Hall–Kier alpha value is -3.35. The molecule has 0 radical (unpaired) electrons. The summed E-state index contributed by atoms with van der Waals surface area (Å²) in [7, 11) is 1.99. The highest BCUT2D eigenvalue weighted by Gasteiger charge is 2.60. The first kappa shape index (κ1) is 20.3. The lowest BCUT2D eigenvalue weighted by Gasteiger charge is -2.60. The van der Waals surface area contributed by atoms with Crippen molar-refractivity contribution in [3.05, 3.63) is 59.9 Å². The largest absolute Gasteiger partial charge is 0.362 e. The number of imidazole rings is 1. The Kier molecular flexibility index (Phi) is 4.34. The van der Waals surface area contributed by atoms with Crippen LogP contribution in [0.2, 0.25) is 0 Å². The minimum atomic E-state index is -0.480. The van der Waals surface area contributed by atoms with Crippen LogP contribution in [0, 0.1) is 17.3 Å². The fourth-order valence-corrected chi connectivity index (χ4v) is 6.50. The lowest BCUT2D eigenvalue weighted by Crippen LogP contribution is -2.70. The number of amides is 2. The highest BCUT2D eigenvalue weighted by Crippen LogP contribution is 2.58. The maximum Gasteiger partial charge on any atom is 0.255 e. The van der Waals surface area contributed by atoms with Crippen LogP contribution in [0.25, 0.3) is 11.0 Å². The van der Waals surface area contributed by atoms with Gasteiger partial charge in [0, 0.05) is 24.6 Å². The lowest BCUT2D eigenvalue weighted by atomic mass is 9.51. The number of nitrogens with one attached hydrogen (secondary N) is 3. The molecule has 3 saturated carbocycles. The van der Waals surface area contributed by atoms with Crippen molar-refractivity contribution in [3.8, 4) is 0 Å². The first-order valence-electron chi connectivity index (χ1n) is 11.8. The van der Waals surface area contributed by atoms with Crippen LogP contribution in [0.1, 0.15) is 48.8 Å². The second-order valence-corrected chi connectivity index (χ2v) is 10.2. The third kappa shape index (κ3) is 3.05. The number of aromatic nitrogens is 2. The van der Waals surface area contributed by atoms with Crippen molar-refractivity contribution in [3.63, 3.8) is 0 Å². The van der Waals surface area contributed by atoms with Crippen LogP contribution in [-0.2, 0) is 18.4 Å². The zero-order valence-corrected chi connectivity index (χ0v) is 19.0. The molecule has 2 bridgehead atoms. The summed E-state index contributed by atoms with van der Waals surface area (Å²) in [6, 6.07) is 15.7. The van der Waals surface area contributed by atoms with Crippen molar-refractivity contribution in [1.29, 1.82) is 0 Å². The van der Waals surface area contributed by atoms with Gasteiger partial charge < -0.3 is 20.5 Å². The Morgan fingerprint density at radius 2 is 1.97 bits per heavy atom. The predicted octanol–water partition coefficient (Wildman–Crippen LogP) is 3.57. The van der Waals surface area contributed by atoms with Crippen molar-refractivity contribution in [2.45, 2.75) is 44.8 Å². The van der Waals surface area contributed by atoms with Gasteiger partial charge in [0.05, 0.1) is 23.1 Å². The molecule has 4 atom stereocenters. The summed E-state index contributed by atoms with van der Waals surface area (Å²) >= 11 is 0. The zero-order chi connectivity index (χ0) is 22.8. The number of benzene rings is 2. The summed E-state index contributed by atoms with van der Waals surface area (Å²) in [6.45, 7) is 2.62. The minimum absolute atomic E-state index is 0.0247. The molecule has 170 valence electrons. The van der Waals surface area contributed by atoms with Crippen molar-refractivity contribution >= 4 is 28.5 Å². The minimum Gasteiger partial charge on any atom is -0.362 e. The predicted molar refractivity (Wildman–Crippen MR) is 126 cm³/mol.